The zero-order valence-electron chi connectivity index (χ0n) is 8.15. The van der Waals surface area contributed by atoms with Gasteiger partial charge in [0.15, 0.2) is 11.3 Å². The molecule has 2 rings (SSSR count). The summed E-state index contributed by atoms with van der Waals surface area (Å²) in [4.78, 5) is 35.8. The standard InChI is InChI=1S/C8H5N3O6/c12-8-7(11(15)16)6-4(10(13)14)2-1-3-5(6)17-9-8/h1-3,7H,(H,9,12). The van der Waals surface area contributed by atoms with Gasteiger partial charge in [-0.2, -0.15) is 5.48 Å². The van der Waals surface area contributed by atoms with Crippen molar-refractivity contribution < 1.29 is 19.5 Å². The van der Waals surface area contributed by atoms with Gasteiger partial charge in [-0.15, -0.1) is 0 Å². The minimum absolute atomic E-state index is 0.0968. The van der Waals surface area contributed by atoms with Crippen LogP contribution in [0.1, 0.15) is 11.6 Å². The van der Waals surface area contributed by atoms with Crippen LogP contribution in [0, 0.1) is 20.2 Å². The van der Waals surface area contributed by atoms with Gasteiger partial charge in [0, 0.05) is 11.0 Å². The number of carbonyl (C=O) groups excluding carboxylic acids is 1. The van der Waals surface area contributed by atoms with Crippen molar-refractivity contribution in [2.45, 2.75) is 6.04 Å². The molecule has 9 heteroatoms. The predicted octanol–water partition coefficient (Wildman–Crippen LogP) is 0.336. The molecule has 1 unspecified atom stereocenters. The van der Waals surface area contributed by atoms with Crippen LogP contribution in [0.4, 0.5) is 5.69 Å². The normalized spacial score (nSPS) is 17.6. The summed E-state index contributed by atoms with van der Waals surface area (Å²) in [5.41, 5.74) is 0.976. The first-order valence-corrected chi connectivity index (χ1v) is 4.40. The van der Waals surface area contributed by atoms with Crippen molar-refractivity contribution >= 4 is 11.6 Å². The number of nitrogens with one attached hydrogen (secondary N) is 1. The number of hydroxylamine groups is 1. The van der Waals surface area contributed by atoms with Crippen molar-refractivity contribution in [1.29, 1.82) is 0 Å². The van der Waals surface area contributed by atoms with Crippen molar-refractivity contribution in [3.05, 3.63) is 44.0 Å². The van der Waals surface area contributed by atoms with Gasteiger partial charge in [-0.05, 0) is 6.07 Å². The fraction of sp³-hybridized carbons (Fsp3) is 0.125. The Hall–Kier alpha value is -2.71. The lowest BCUT2D eigenvalue weighted by Crippen LogP contribution is -2.40. The lowest BCUT2D eigenvalue weighted by Gasteiger charge is -2.18. The summed E-state index contributed by atoms with van der Waals surface area (Å²) >= 11 is 0. The highest BCUT2D eigenvalue weighted by Gasteiger charge is 2.44. The molecule has 0 radical (unpaired) electrons. The fourth-order valence-electron chi connectivity index (χ4n) is 1.55. The highest BCUT2D eigenvalue weighted by molar-refractivity contribution is 5.85. The molecular weight excluding hydrogens is 234 g/mol. The molecular formula is C8H5N3O6. The average molecular weight is 239 g/mol. The van der Waals surface area contributed by atoms with E-state index in [-0.39, 0.29) is 11.3 Å². The van der Waals surface area contributed by atoms with Crippen LogP contribution in [0.2, 0.25) is 0 Å². The third-order valence-electron chi connectivity index (χ3n) is 2.23. The summed E-state index contributed by atoms with van der Waals surface area (Å²) in [5, 5.41) is 21.5. The summed E-state index contributed by atoms with van der Waals surface area (Å²) in [6.07, 6.45) is 0. The van der Waals surface area contributed by atoms with Crippen LogP contribution in [0.15, 0.2) is 18.2 Å². The number of carbonyl (C=O) groups is 1. The summed E-state index contributed by atoms with van der Waals surface area (Å²) < 4.78 is 0. The van der Waals surface area contributed by atoms with E-state index in [9.17, 15) is 25.0 Å². The highest BCUT2D eigenvalue weighted by Crippen LogP contribution is 2.37. The zero-order valence-corrected chi connectivity index (χ0v) is 8.15. The number of nitro benzene ring substituents is 1. The van der Waals surface area contributed by atoms with E-state index >= 15 is 0 Å². The molecule has 1 aliphatic rings. The molecule has 0 spiro atoms. The molecule has 1 aliphatic heterocycles. The van der Waals surface area contributed by atoms with Gasteiger partial charge >= 0.3 is 11.9 Å². The molecule has 0 saturated heterocycles. The van der Waals surface area contributed by atoms with Crippen LogP contribution < -0.4 is 10.3 Å². The first kappa shape index (κ1) is 10.8. The maximum atomic E-state index is 11.3. The molecule has 0 aliphatic carbocycles. The Bertz CT molecular complexity index is 528. The zero-order chi connectivity index (χ0) is 12.6. The molecule has 0 fully saturated rings. The SMILES string of the molecule is O=C1NOc2cccc([N+](=O)[O-])c2C1[N+](=O)[O-]. The number of benzene rings is 1. The molecule has 9 nitrogen and oxygen atoms in total. The highest BCUT2D eigenvalue weighted by atomic mass is 16.7. The van der Waals surface area contributed by atoms with Gasteiger partial charge in [0.05, 0.1) is 4.92 Å². The van der Waals surface area contributed by atoms with Crippen LogP contribution in [0.3, 0.4) is 0 Å². The Kier molecular flexibility index (Phi) is 2.35. The topological polar surface area (TPSA) is 125 Å². The Labute approximate surface area is 93.2 Å². The second kappa shape index (κ2) is 3.70. The van der Waals surface area contributed by atoms with Crippen molar-refractivity contribution in [2.24, 2.45) is 0 Å². The van der Waals surface area contributed by atoms with Crippen molar-refractivity contribution in [2.75, 3.05) is 0 Å². The van der Waals surface area contributed by atoms with Crippen molar-refractivity contribution in [3.8, 4) is 5.75 Å². The van der Waals surface area contributed by atoms with E-state index in [2.05, 4.69) is 0 Å². The number of fused-ring (bicyclic) bond motifs is 1. The summed E-state index contributed by atoms with van der Waals surface area (Å²) in [7, 11) is 0. The molecule has 1 aromatic carbocycles. The minimum Gasteiger partial charge on any atom is -0.378 e. The van der Waals surface area contributed by atoms with Gasteiger partial charge in [-0.1, -0.05) is 6.07 Å². The van der Waals surface area contributed by atoms with E-state index in [0.717, 1.165) is 6.07 Å². The molecule has 1 heterocycles. The second-order valence-electron chi connectivity index (χ2n) is 3.20. The second-order valence-corrected chi connectivity index (χ2v) is 3.20. The number of nitro groups is 2. The van der Waals surface area contributed by atoms with E-state index in [1.807, 2.05) is 5.48 Å². The minimum atomic E-state index is -1.83. The average Bonchev–Trinajstić information content (AvgIpc) is 2.27. The summed E-state index contributed by atoms with van der Waals surface area (Å²) in [5.74, 6) is -1.14. The van der Waals surface area contributed by atoms with E-state index in [4.69, 9.17) is 4.84 Å². The van der Waals surface area contributed by atoms with Crippen LogP contribution >= 0.6 is 0 Å². The number of amides is 1. The third kappa shape index (κ3) is 1.62. The molecule has 1 amide bonds. The van der Waals surface area contributed by atoms with Crippen LogP contribution in [-0.2, 0) is 4.79 Å². The number of hydrogen-bond donors (Lipinski definition) is 1. The van der Waals surface area contributed by atoms with E-state index in [1.165, 1.54) is 12.1 Å². The molecule has 17 heavy (non-hydrogen) atoms. The Morgan fingerprint density at radius 1 is 1.29 bits per heavy atom. The van der Waals surface area contributed by atoms with Crippen molar-refractivity contribution in [3.63, 3.8) is 0 Å². The lowest BCUT2D eigenvalue weighted by atomic mass is 10.0. The first-order valence-electron chi connectivity index (χ1n) is 4.40. The fourth-order valence-corrected chi connectivity index (χ4v) is 1.55. The van der Waals surface area contributed by atoms with Crippen LogP contribution in [0.5, 0.6) is 5.75 Å². The van der Waals surface area contributed by atoms with Gasteiger partial charge in [0.25, 0.3) is 5.69 Å². The third-order valence-corrected chi connectivity index (χ3v) is 2.23. The van der Waals surface area contributed by atoms with Gasteiger partial charge in [0.2, 0.25) is 0 Å². The number of hydrogen-bond acceptors (Lipinski definition) is 6. The van der Waals surface area contributed by atoms with E-state index in [0.29, 0.717) is 0 Å². The summed E-state index contributed by atoms with van der Waals surface area (Å²) in [6.45, 7) is 0. The number of nitrogens with zero attached hydrogens (tertiary/aromatic N) is 2. The van der Waals surface area contributed by atoms with E-state index < -0.39 is 27.5 Å². The Balaban J connectivity index is 2.67. The van der Waals surface area contributed by atoms with Crippen LogP contribution in [-0.4, -0.2) is 15.8 Å². The maximum absolute atomic E-state index is 11.3. The molecule has 0 aromatic heterocycles. The van der Waals surface area contributed by atoms with Gasteiger partial charge in [-0.25, -0.2) is 0 Å². The molecule has 0 saturated carbocycles. The lowest BCUT2D eigenvalue weighted by molar-refractivity contribution is -0.517. The van der Waals surface area contributed by atoms with Crippen LogP contribution in [0.25, 0.3) is 0 Å². The Morgan fingerprint density at radius 2 is 2.00 bits per heavy atom. The van der Waals surface area contributed by atoms with Gasteiger partial charge in [0.1, 0.15) is 0 Å². The van der Waals surface area contributed by atoms with Crippen molar-refractivity contribution in [1.82, 2.24) is 5.48 Å². The quantitative estimate of drug-likeness (QED) is 0.585. The van der Waals surface area contributed by atoms with E-state index in [1.54, 1.807) is 0 Å². The molecule has 1 atom stereocenters. The number of rotatable bonds is 2. The molecule has 0 bridgehead atoms. The largest absolute Gasteiger partial charge is 0.378 e. The predicted molar refractivity (Wildman–Crippen MR) is 51.6 cm³/mol. The maximum Gasteiger partial charge on any atom is 0.332 e. The molecule has 1 aromatic rings. The Morgan fingerprint density at radius 3 is 2.59 bits per heavy atom. The monoisotopic (exact) mass is 239 g/mol. The van der Waals surface area contributed by atoms with Gasteiger partial charge < -0.3 is 4.84 Å². The first-order chi connectivity index (χ1) is 8.02. The molecule has 1 N–H and O–H groups in total. The van der Waals surface area contributed by atoms with Gasteiger partial charge in [-0.3, -0.25) is 25.0 Å². The summed E-state index contributed by atoms with van der Waals surface area (Å²) in [6, 6.07) is 1.86. The molecule has 88 valence electrons. The smallest absolute Gasteiger partial charge is 0.332 e.